The van der Waals surface area contributed by atoms with Gasteiger partial charge in [0.15, 0.2) is 11.6 Å². The van der Waals surface area contributed by atoms with E-state index in [1.54, 1.807) is 25.3 Å². The van der Waals surface area contributed by atoms with Gasteiger partial charge in [0.05, 0.1) is 12.3 Å². The number of furan rings is 1. The Morgan fingerprint density at radius 1 is 1.10 bits per heavy atom. The van der Waals surface area contributed by atoms with E-state index in [4.69, 9.17) is 4.42 Å². The van der Waals surface area contributed by atoms with Gasteiger partial charge in [-0.1, -0.05) is 26.0 Å². The highest BCUT2D eigenvalue weighted by atomic mass is 19.2. The number of hydrogen-bond acceptors (Lipinski definition) is 2. The number of aryl methyl sites for hydroxylation is 2. The largest absolute Gasteiger partial charge is 0.469 e. The molecule has 0 saturated heterocycles. The molecule has 1 aromatic carbocycles. The van der Waals surface area contributed by atoms with Gasteiger partial charge in [-0.15, -0.1) is 0 Å². The zero-order valence-electron chi connectivity index (χ0n) is 12.0. The molecule has 1 heterocycles. The van der Waals surface area contributed by atoms with Gasteiger partial charge in [0.1, 0.15) is 5.76 Å². The lowest BCUT2D eigenvalue weighted by Gasteiger charge is -2.19. The first-order chi connectivity index (χ1) is 9.60. The second-order valence-corrected chi connectivity index (χ2v) is 4.74. The summed E-state index contributed by atoms with van der Waals surface area (Å²) in [6.07, 6.45) is 2.29. The molecule has 0 radical (unpaired) electrons. The van der Waals surface area contributed by atoms with Crippen LogP contribution in [0.3, 0.4) is 0 Å². The van der Waals surface area contributed by atoms with Crippen molar-refractivity contribution >= 4 is 0 Å². The quantitative estimate of drug-likeness (QED) is 0.890. The zero-order valence-corrected chi connectivity index (χ0v) is 12.0. The zero-order chi connectivity index (χ0) is 14.7. The molecule has 0 fully saturated rings. The van der Waals surface area contributed by atoms with Crippen LogP contribution >= 0.6 is 0 Å². The number of nitrogens with one attached hydrogen (secondary N) is 1. The molecule has 1 aromatic heterocycles. The van der Waals surface area contributed by atoms with E-state index in [0.717, 1.165) is 11.3 Å². The van der Waals surface area contributed by atoms with E-state index in [2.05, 4.69) is 5.32 Å². The van der Waals surface area contributed by atoms with Crippen molar-refractivity contribution in [1.82, 2.24) is 5.32 Å². The smallest absolute Gasteiger partial charge is 0.164 e. The van der Waals surface area contributed by atoms with Crippen molar-refractivity contribution in [1.29, 1.82) is 0 Å². The molecule has 1 unspecified atom stereocenters. The standard InChI is InChI=1S/C16H19F2NO/c1-4-13-11(8-9-20-13)16(19-5-2)12-7-6-10(3)14(17)15(12)18/h6-9,16,19H,4-5H2,1-3H3. The normalized spacial score (nSPS) is 12.7. The molecular weight excluding hydrogens is 260 g/mol. The molecule has 1 N–H and O–H groups in total. The summed E-state index contributed by atoms with van der Waals surface area (Å²) in [5, 5.41) is 3.20. The predicted octanol–water partition coefficient (Wildman–Crippen LogP) is 4.13. The van der Waals surface area contributed by atoms with Gasteiger partial charge >= 0.3 is 0 Å². The third-order valence-electron chi connectivity index (χ3n) is 3.44. The van der Waals surface area contributed by atoms with Gasteiger partial charge < -0.3 is 9.73 Å². The van der Waals surface area contributed by atoms with E-state index >= 15 is 0 Å². The second-order valence-electron chi connectivity index (χ2n) is 4.74. The van der Waals surface area contributed by atoms with Gasteiger partial charge in [-0.3, -0.25) is 0 Å². The molecule has 0 aliphatic heterocycles. The van der Waals surface area contributed by atoms with Crippen LogP contribution in [0.4, 0.5) is 8.78 Å². The minimum Gasteiger partial charge on any atom is -0.469 e. The fourth-order valence-corrected chi connectivity index (χ4v) is 2.37. The van der Waals surface area contributed by atoms with Crippen LogP contribution < -0.4 is 5.32 Å². The average molecular weight is 279 g/mol. The summed E-state index contributed by atoms with van der Waals surface area (Å²) < 4.78 is 33.4. The van der Waals surface area contributed by atoms with Crippen molar-refractivity contribution in [2.75, 3.05) is 6.54 Å². The highest BCUT2D eigenvalue weighted by Gasteiger charge is 2.23. The summed E-state index contributed by atoms with van der Waals surface area (Å²) in [4.78, 5) is 0. The molecule has 1 atom stereocenters. The first kappa shape index (κ1) is 14.7. The predicted molar refractivity (Wildman–Crippen MR) is 74.7 cm³/mol. The van der Waals surface area contributed by atoms with Crippen LogP contribution in [-0.2, 0) is 6.42 Å². The minimum atomic E-state index is -0.792. The molecule has 4 heteroatoms. The number of rotatable bonds is 5. The van der Waals surface area contributed by atoms with E-state index < -0.39 is 17.7 Å². The van der Waals surface area contributed by atoms with E-state index in [1.165, 1.54) is 0 Å². The Bertz CT molecular complexity index is 592. The highest BCUT2D eigenvalue weighted by molar-refractivity contribution is 5.36. The van der Waals surface area contributed by atoms with Crippen molar-refractivity contribution in [2.45, 2.75) is 33.2 Å². The number of hydrogen-bond donors (Lipinski definition) is 1. The van der Waals surface area contributed by atoms with Crippen LogP contribution in [0.25, 0.3) is 0 Å². The first-order valence-electron chi connectivity index (χ1n) is 6.84. The Hall–Kier alpha value is -1.68. The summed E-state index contributed by atoms with van der Waals surface area (Å²) in [6, 6.07) is 4.64. The van der Waals surface area contributed by atoms with E-state index in [1.807, 2.05) is 19.9 Å². The average Bonchev–Trinajstić information content (AvgIpc) is 2.91. The van der Waals surface area contributed by atoms with E-state index in [9.17, 15) is 8.78 Å². The second kappa shape index (κ2) is 6.18. The number of benzene rings is 1. The molecule has 2 rings (SSSR count). The Kier molecular flexibility index (Phi) is 4.55. The van der Waals surface area contributed by atoms with E-state index in [-0.39, 0.29) is 0 Å². The van der Waals surface area contributed by atoms with Gasteiger partial charge in [0.2, 0.25) is 0 Å². The highest BCUT2D eigenvalue weighted by Crippen LogP contribution is 2.30. The molecule has 0 saturated carbocycles. The van der Waals surface area contributed by atoms with Crippen LogP contribution in [0.1, 0.15) is 42.3 Å². The van der Waals surface area contributed by atoms with Gasteiger partial charge in [-0.2, -0.15) is 0 Å². The topological polar surface area (TPSA) is 25.2 Å². The summed E-state index contributed by atoms with van der Waals surface area (Å²) in [5.74, 6) is -0.789. The van der Waals surface area contributed by atoms with Crippen LogP contribution in [-0.4, -0.2) is 6.54 Å². The maximum atomic E-state index is 14.2. The third-order valence-corrected chi connectivity index (χ3v) is 3.44. The van der Waals surface area contributed by atoms with Gasteiger partial charge in [0.25, 0.3) is 0 Å². The van der Waals surface area contributed by atoms with E-state index in [0.29, 0.717) is 24.1 Å². The Morgan fingerprint density at radius 2 is 1.85 bits per heavy atom. The summed E-state index contributed by atoms with van der Waals surface area (Å²) in [7, 11) is 0. The molecule has 0 bridgehead atoms. The lowest BCUT2D eigenvalue weighted by Crippen LogP contribution is -2.24. The first-order valence-corrected chi connectivity index (χ1v) is 6.84. The monoisotopic (exact) mass is 279 g/mol. The maximum Gasteiger partial charge on any atom is 0.164 e. The third kappa shape index (κ3) is 2.61. The van der Waals surface area contributed by atoms with Crippen molar-refractivity contribution in [3.05, 3.63) is 58.5 Å². The molecule has 108 valence electrons. The molecule has 2 aromatic rings. The molecule has 0 amide bonds. The van der Waals surface area contributed by atoms with Gasteiger partial charge in [-0.05, 0) is 25.1 Å². The Balaban J connectivity index is 2.52. The molecule has 2 nitrogen and oxygen atoms in total. The Morgan fingerprint density at radius 3 is 2.50 bits per heavy atom. The molecular formula is C16H19F2NO. The lowest BCUT2D eigenvalue weighted by atomic mass is 9.96. The molecule has 20 heavy (non-hydrogen) atoms. The maximum absolute atomic E-state index is 14.2. The van der Waals surface area contributed by atoms with Gasteiger partial charge in [0, 0.05) is 17.5 Å². The number of halogens is 2. The summed E-state index contributed by atoms with van der Waals surface area (Å²) in [5.41, 5.74) is 1.48. The van der Waals surface area contributed by atoms with Crippen LogP contribution in [0, 0.1) is 18.6 Å². The van der Waals surface area contributed by atoms with Crippen LogP contribution in [0.2, 0.25) is 0 Å². The molecule has 0 aliphatic carbocycles. The van der Waals surface area contributed by atoms with Crippen molar-refractivity contribution in [2.24, 2.45) is 0 Å². The Labute approximate surface area is 117 Å². The fraction of sp³-hybridized carbons (Fsp3) is 0.375. The lowest BCUT2D eigenvalue weighted by molar-refractivity contribution is 0.471. The summed E-state index contributed by atoms with van der Waals surface area (Å²) in [6.45, 7) is 6.10. The minimum absolute atomic E-state index is 0.310. The fourth-order valence-electron chi connectivity index (χ4n) is 2.37. The van der Waals surface area contributed by atoms with Gasteiger partial charge in [-0.25, -0.2) is 8.78 Å². The van der Waals surface area contributed by atoms with Crippen molar-refractivity contribution < 1.29 is 13.2 Å². The van der Waals surface area contributed by atoms with Crippen LogP contribution in [0.5, 0.6) is 0 Å². The van der Waals surface area contributed by atoms with Crippen molar-refractivity contribution in [3.8, 4) is 0 Å². The van der Waals surface area contributed by atoms with Crippen LogP contribution in [0.15, 0.2) is 28.9 Å². The molecule has 0 spiro atoms. The SMILES string of the molecule is CCNC(c1ccoc1CC)c1ccc(C)c(F)c1F. The summed E-state index contributed by atoms with van der Waals surface area (Å²) >= 11 is 0. The van der Waals surface area contributed by atoms with Crippen molar-refractivity contribution in [3.63, 3.8) is 0 Å². The molecule has 0 aliphatic rings.